The van der Waals surface area contributed by atoms with E-state index in [1.165, 1.54) is 19.3 Å². The first-order chi connectivity index (χ1) is 7.97. The van der Waals surface area contributed by atoms with Gasteiger partial charge in [0.05, 0.1) is 0 Å². The Morgan fingerprint density at radius 1 is 1.35 bits per heavy atom. The van der Waals surface area contributed by atoms with Crippen LogP contribution in [0.5, 0.6) is 0 Å². The van der Waals surface area contributed by atoms with Crippen molar-refractivity contribution in [1.29, 1.82) is 0 Å². The summed E-state index contributed by atoms with van der Waals surface area (Å²) in [5.74, 6) is 1.99. The summed E-state index contributed by atoms with van der Waals surface area (Å²) in [4.78, 5) is 11.7. The molecule has 1 rings (SSSR count). The first kappa shape index (κ1) is 14.8. The Hall–Kier alpha value is -0.220. The first-order valence-corrected chi connectivity index (χ1v) is 7.79. The molecule has 0 radical (unpaired) electrons. The highest BCUT2D eigenvalue weighted by molar-refractivity contribution is 7.99. The van der Waals surface area contributed by atoms with Crippen LogP contribution in [0.15, 0.2) is 0 Å². The Morgan fingerprint density at radius 2 is 2.00 bits per heavy atom. The van der Waals surface area contributed by atoms with Gasteiger partial charge in [-0.25, -0.2) is 0 Å². The minimum atomic E-state index is -0.134. The summed E-state index contributed by atoms with van der Waals surface area (Å²) >= 11 is 1.76. The fourth-order valence-corrected chi connectivity index (χ4v) is 3.05. The second kappa shape index (κ2) is 7.27. The number of nitrogens with two attached hydrogens (primary N) is 1. The van der Waals surface area contributed by atoms with Gasteiger partial charge in [-0.05, 0) is 26.7 Å². The quantitative estimate of drug-likeness (QED) is 0.719. The first-order valence-electron chi connectivity index (χ1n) is 6.63. The number of carbonyl (C=O) groups is 1. The molecule has 1 saturated carbocycles. The average molecular weight is 258 g/mol. The zero-order valence-corrected chi connectivity index (χ0v) is 11.9. The number of hydrogen-bond donors (Lipinski definition) is 2. The van der Waals surface area contributed by atoms with E-state index in [0.29, 0.717) is 12.5 Å². The van der Waals surface area contributed by atoms with Gasteiger partial charge in [-0.1, -0.05) is 19.3 Å². The number of thioether (sulfide) groups is 1. The molecule has 1 aliphatic rings. The van der Waals surface area contributed by atoms with Crippen LogP contribution in [0, 0.1) is 0 Å². The molecule has 3 N–H and O–H groups in total. The molecule has 0 aromatic rings. The summed E-state index contributed by atoms with van der Waals surface area (Å²) in [6, 6.07) is 0.437. The van der Waals surface area contributed by atoms with E-state index < -0.39 is 0 Å². The van der Waals surface area contributed by atoms with Crippen molar-refractivity contribution in [3.8, 4) is 0 Å². The molecule has 0 atom stereocenters. The monoisotopic (exact) mass is 258 g/mol. The van der Waals surface area contributed by atoms with Crippen LogP contribution in [-0.4, -0.2) is 29.0 Å². The molecule has 0 unspecified atom stereocenters. The van der Waals surface area contributed by atoms with Gasteiger partial charge in [-0.2, -0.15) is 11.8 Å². The van der Waals surface area contributed by atoms with Gasteiger partial charge >= 0.3 is 0 Å². The largest absolute Gasteiger partial charge is 0.353 e. The molecule has 0 saturated heterocycles. The van der Waals surface area contributed by atoms with Crippen LogP contribution in [0.4, 0.5) is 0 Å². The number of amides is 1. The third kappa shape index (κ3) is 7.66. The fraction of sp³-hybridized carbons (Fsp3) is 0.923. The third-order valence-electron chi connectivity index (χ3n) is 2.92. The molecular formula is C13H26N2OS. The van der Waals surface area contributed by atoms with Gasteiger partial charge in [-0.15, -0.1) is 0 Å². The average Bonchev–Trinajstić information content (AvgIpc) is 2.25. The normalized spacial score (nSPS) is 18.1. The predicted molar refractivity (Wildman–Crippen MR) is 75.2 cm³/mol. The Morgan fingerprint density at radius 3 is 2.59 bits per heavy atom. The lowest BCUT2D eigenvalue weighted by atomic mass is 9.95. The van der Waals surface area contributed by atoms with Crippen molar-refractivity contribution in [2.45, 2.75) is 64.0 Å². The highest BCUT2D eigenvalue weighted by Gasteiger charge is 2.15. The maximum atomic E-state index is 11.7. The van der Waals surface area contributed by atoms with Gasteiger partial charge in [0.2, 0.25) is 5.91 Å². The van der Waals surface area contributed by atoms with Crippen LogP contribution in [0.1, 0.15) is 52.4 Å². The SMILES string of the molecule is CC(C)(N)CSCCC(=O)NC1CCCCC1. The van der Waals surface area contributed by atoms with E-state index in [2.05, 4.69) is 5.32 Å². The molecule has 1 aliphatic carbocycles. The van der Waals surface area contributed by atoms with Gasteiger partial charge in [0, 0.05) is 29.5 Å². The van der Waals surface area contributed by atoms with Crippen LogP contribution < -0.4 is 11.1 Å². The molecule has 0 bridgehead atoms. The van der Waals surface area contributed by atoms with Crippen LogP contribution in [0.25, 0.3) is 0 Å². The standard InChI is InChI=1S/C13H26N2OS/c1-13(2,14)10-17-9-8-12(16)15-11-6-4-3-5-7-11/h11H,3-10,14H2,1-2H3,(H,15,16). The van der Waals surface area contributed by atoms with E-state index in [4.69, 9.17) is 5.73 Å². The van der Waals surface area contributed by atoms with Gasteiger partial charge < -0.3 is 11.1 Å². The zero-order valence-electron chi connectivity index (χ0n) is 11.1. The number of carbonyl (C=O) groups excluding carboxylic acids is 1. The highest BCUT2D eigenvalue weighted by Crippen LogP contribution is 2.17. The Bertz CT molecular complexity index is 232. The Balaban J connectivity index is 2.04. The lowest BCUT2D eigenvalue weighted by Crippen LogP contribution is -2.37. The van der Waals surface area contributed by atoms with E-state index in [-0.39, 0.29) is 11.4 Å². The number of rotatable bonds is 6. The van der Waals surface area contributed by atoms with Crippen LogP contribution in [0.3, 0.4) is 0 Å². The molecule has 0 aromatic carbocycles. The molecule has 3 nitrogen and oxygen atoms in total. The Kier molecular flexibility index (Phi) is 6.34. The maximum Gasteiger partial charge on any atom is 0.221 e. The third-order valence-corrected chi connectivity index (χ3v) is 4.36. The van der Waals surface area contributed by atoms with Crippen LogP contribution >= 0.6 is 11.8 Å². The van der Waals surface area contributed by atoms with Crippen molar-refractivity contribution in [3.05, 3.63) is 0 Å². The van der Waals surface area contributed by atoms with Crippen LogP contribution in [0.2, 0.25) is 0 Å². The van der Waals surface area contributed by atoms with Crippen molar-refractivity contribution < 1.29 is 4.79 Å². The maximum absolute atomic E-state index is 11.7. The molecule has 1 amide bonds. The van der Waals surface area contributed by atoms with E-state index in [1.807, 2.05) is 13.8 Å². The van der Waals surface area contributed by atoms with Crippen molar-refractivity contribution in [2.75, 3.05) is 11.5 Å². The second-order valence-corrected chi connectivity index (χ2v) is 6.80. The zero-order chi connectivity index (χ0) is 12.7. The molecule has 0 aliphatic heterocycles. The topological polar surface area (TPSA) is 55.1 Å². The van der Waals surface area contributed by atoms with Crippen molar-refractivity contribution in [2.24, 2.45) is 5.73 Å². The molecule has 4 heteroatoms. The summed E-state index contributed by atoms with van der Waals surface area (Å²) in [5, 5.41) is 3.13. The predicted octanol–water partition coefficient (Wildman–Crippen LogP) is 2.30. The summed E-state index contributed by atoms with van der Waals surface area (Å²) in [7, 11) is 0. The van der Waals surface area contributed by atoms with E-state index in [1.54, 1.807) is 11.8 Å². The van der Waals surface area contributed by atoms with Crippen molar-refractivity contribution in [1.82, 2.24) is 5.32 Å². The minimum Gasteiger partial charge on any atom is -0.353 e. The molecule has 17 heavy (non-hydrogen) atoms. The number of hydrogen-bond acceptors (Lipinski definition) is 3. The van der Waals surface area contributed by atoms with Crippen LogP contribution in [-0.2, 0) is 4.79 Å². The van der Waals surface area contributed by atoms with Gasteiger partial charge in [0.1, 0.15) is 0 Å². The van der Waals surface area contributed by atoms with E-state index in [9.17, 15) is 4.79 Å². The smallest absolute Gasteiger partial charge is 0.221 e. The summed E-state index contributed by atoms with van der Waals surface area (Å²) in [6.45, 7) is 4.03. The summed E-state index contributed by atoms with van der Waals surface area (Å²) in [6.07, 6.45) is 6.80. The van der Waals surface area contributed by atoms with Crippen molar-refractivity contribution >= 4 is 17.7 Å². The Labute approximate surface area is 109 Å². The molecule has 1 fully saturated rings. The molecule has 0 aromatic heterocycles. The highest BCUT2D eigenvalue weighted by atomic mass is 32.2. The van der Waals surface area contributed by atoms with E-state index in [0.717, 1.165) is 24.3 Å². The fourth-order valence-electron chi connectivity index (χ4n) is 2.05. The van der Waals surface area contributed by atoms with Crippen molar-refractivity contribution in [3.63, 3.8) is 0 Å². The van der Waals surface area contributed by atoms with Gasteiger partial charge in [0.15, 0.2) is 0 Å². The lowest BCUT2D eigenvalue weighted by molar-refractivity contribution is -0.121. The van der Waals surface area contributed by atoms with Gasteiger partial charge in [0.25, 0.3) is 0 Å². The molecular weight excluding hydrogens is 232 g/mol. The van der Waals surface area contributed by atoms with E-state index >= 15 is 0 Å². The molecule has 0 heterocycles. The molecule has 100 valence electrons. The summed E-state index contributed by atoms with van der Waals surface area (Å²) < 4.78 is 0. The minimum absolute atomic E-state index is 0.134. The summed E-state index contributed by atoms with van der Waals surface area (Å²) in [5.41, 5.74) is 5.75. The lowest BCUT2D eigenvalue weighted by Gasteiger charge is -2.23. The molecule has 0 spiro atoms. The number of nitrogens with one attached hydrogen (secondary N) is 1. The van der Waals surface area contributed by atoms with Gasteiger partial charge in [-0.3, -0.25) is 4.79 Å². The second-order valence-electron chi connectivity index (χ2n) is 5.69.